The van der Waals surface area contributed by atoms with Crippen molar-refractivity contribution < 1.29 is 14.6 Å². The van der Waals surface area contributed by atoms with E-state index in [0.29, 0.717) is 13.2 Å². The van der Waals surface area contributed by atoms with E-state index < -0.39 is 0 Å². The molecule has 1 aromatic carbocycles. The van der Waals surface area contributed by atoms with Crippen LogP contribution in [0.3, 0.4) is 0 Å². The standard InChI is InChI=1S/C14H19NO3/c1-2-13-12(7-8-18-13)14(17)15-9-10-3-5-11(16)6-4-10/h3-6,12-13,16H,2,7-9H2,1H3,(H,15,17). The number of ether oxygens (including phenoxy) is 1. The van der Waals surface area contributed by atoms with Crippen LogP contribution in [0.15, 0.2) is 24.3 Å². The number of carbonyl (C=O) groups is 1. The summed E-state index contributed by atoms with van der Waals surface area (Å²) in [5.41, 5.74) is 0.980. The van der Waals surface area contributed by atoms with Crippen LogP contribution in [-0.4, -0.2) is 23.7 Å². The van der Waals surface area contributed by atoms with Crippen molar-refractivity contribution in [2.75, 3.05) is 6.61 Å². The van der Waals surface area contributed by atoms with Crippen LogP contribution >= 0.6 is 0 Å². The molecule has 1 heterocycles. The summed E-state index contributed by atoms with van der Waals surface area (Å²) >= 11 is 0. The van der Waals surface area contributed by atoms with Crippen molar-refractivity contribution in [1.29, 1.82) is 0 Å². The molecular weight excluding hydrogens is 230 g/mol. The minimum absolute atomic E-state index is 0.0212. The van der Waals surface area contributed by atoms with Crippen LogP contribution in [0.5, 0.6) is 5.75 Å². The Kier molecular flexibility index (Phi) is 4.20. The Labute approximate surface area is 107 Å². The molecular formula is C14H19NO3. The van der Waals surface area contributed by atoms with Gasteiger partial charge in [0, 0.05) is 13.2 Å². The molecule has 4 heteroatoms. The molecule has 2 atom stereocenters. The molecule has 2 rings (SSSR count). The van der Waals surface area contributed by atoms with Crippen LogP contribution < -0.4 is 5.32 Å². The summed E-state index contributed by atoms with van der Waals surface area (Å²) < 4.78 is 5.51. The summed E-state index contributed by atoms with van der Waals surface area (Å²) in [5, 5.41) is 12.1. The van der Waals surface area contributed by atoms with Gasteiger partial charge in [0.2, 0.25) is 5.91 Å². The second-order valence-corrected chi connectivity index (χ2v) is 4.60. The van der Waals surface area contributed by atoms with Gasteiger partial charge in [0.05, 0.1) is 12.0 Å². The highest BCUT2D eigenvalue weighted by Gasteiger charge is 2.32. The highest BCUT2D eigenvalue weighted by molar-refractivity contribution is 5.79. The zero-order chi connectivity index (χ0) is 13.0. The third-order valence-corrected chi connectivity index (χ3v) is 3.35. The molecule has 0 aromatic heterocycles. The number of carbonyl (C=O) groups excluding carboxylic acids is 1. The summed E-state index contributed by atoms with van der Waals surface area (Å²) in [6, 6.07) is 6.85. The first kappa shape index (κ1) is 12.9. The Hall–Kier alpha value is -1.55. The molecule has 2 unspecified atom stereocenters. The molecule has 4 nitrogen and oxygen atoms in total. The van der Waals surface area contributed by atoms with Crippen molar-refractivity contribution in [3.63, 3.8) is 0 Å². The molecule has 1 amide bonds. The molecule has 98 valence electrons. The summed E-state index contributed by atoms with van der Waals surface area (Å²) in [6.07, 6.45) is 1.74. The molecule has 0 spiro atoms. The third kappa shape index (κ3) is 3.01. The van der Waals surface area contributed by atoms with E-state index in [4.69, 9.17) is 9.84 Å². The van der Waals surface area contributed by atoms with Crippen LogP contribution in [0.1, 0.15) is 25.3 Å². The lowest BCUT2D eigenvalue weighted by molar-refractivity contribution is -0.126. The number of hydrogen-bond acceptors (Lipinski definition) is 3. The van der Waals surface area contributed by atoms with Crippen molar-refractivity contribution in [3.05, 3.63) is 29.8 Å². The van der Waals surface area contributed by atoms with Gasteiger partial charge in [-0.3, -0.25) is 4.79 Å². The Morgan fingerprint density at radius 2 is 2.17 bits per heavy atom. The van der Waals surface area contributed by atoms with Gasteiger partial charge < -0.3 is 15.2 Å². The van der Waals surface area contributed by atoms with Crippen LogP contribution in [0, 0.1) is 5.92 Å². The number of aromatic hydroxyl groups is 1. The lowest BCUT2D eigenvalue weighted by Gasteiger charge is -2.16. The van der Waals surface area contributed by atoms with E-state index in [2.05, 4.69) is 5.32 Å². The zero-order valence-electron chi connectivity index (χ0n) is 10.6. The van der Waals surface area contributed by atoms with Crippen LogP contribution in [-0.2, 0) is 16.1 Å². The van der Waals surface area contributed by atoms with Gasteiger partial charge in [0.25, 0.3) is 0 Å². The van der Waals surface area contributed by atoms with Crippen LogP contribution in [0.25, 0.3) is 0 Å². The minimum atomic E-state index is -0.0212. The van der Waals surface area contributed by atoms with E-state index in [0.717, 1.165) is 18.4 Å². The molecule has 0 saturated carbocycles. The molecule has 1 aliphatic rings. The minimum Gasteiger partial charge on any atom is -0.508 e. The Bertz CT molecular complexity index is 402. The van der Waals surface area contributed by atoms with Gasteiger partial charge in [0.15, 0.2) is 0 Å². The number of hydrogen-bond donors (Lipinski definition) is 2. The molecule has 18 heavy (non-hydrogen) atoms. The first-order valence-electron chi connectivity index (χ1n) is 6.38. The molecule has 2 N–H and O–H groups in total. The largest absolute Gasteiger partial charge is 0.508 e. The molecule has 1 fully saturated rings. The number of phenolic OH excluding ortho intramolecular Hbond substituents is 1. The van der Waals surface area contributed by atoms with Gasteiger partial charge in [-0.05, 0) is 30.5 Å². The Morgan fingerprint density at radius 1 is 1.44 bits per heavy atom. The van der Waals surface area contributed by atoms with Crippen molar-refractivity contribution in [2.45, 2.75) is 32.4 Å². The number of phenols is 1. The number of amides is 1. The fourth-order valence-electron chi connectivity index (χ4n) is 2.28. The highest BCUT2D eigenvalue weighted by atomic mass is 16.5. The van der Waals surface area contributed by atoms with Gasteiger partial charge in [-0.15, -0.1) is 0 Å². The van der Waals surface area contributed by atoms with E-state index in [1.54, 1.807) is 24.3 Å². The second kappa shape index (κ2) is 5.87. The quantitative estimate of drug-likeness (QED) is 0.855. The van der Waals surface area contributed by atoms with Crippen molar-refractivity contribution in [1.82, 2.24) is 5.32 Å². The van der Waals surface area contributed by atoms with Gasteiger partial charge in [-0.25, -0.2) is 0 Å². The molecule has 0 bridgehead atoms. The molecule has 1 aromatic rings. The number of nitrogens with one attached hydrogen (secondary N) is 1. The first-order chi connectivity index (χ1) is 8.70. The van der Waals surface area contributed by atoms with E-state index in [1.807, 2.05) is 6.92 Å². The van der Waals surface area contributed by atoms with E-state index >= 15 is 0 Å². The topological polar surface area (TPSA) is 58.6 Å². The maximum atomic E-state index is 12.0. The SMILES string of the molecule is CCC1OCCC1C(=O)NCc1ccc(O)cc1. The summed E-state index contributed by atoms with van der Waals surface area (Å²) in [7, 11) is 0. The van der Waals surface area contributed by atoms with Crippen molar-refractivity contribution in [3.8, 4) is 5.75 Å². The monoisotopic (exact) mass is 249 g/mol. The lowest BCUT2D eigenvalue weighted by atomic mass is 9.98. The average Bonchev–Trinajstić information content (AvgIpc) is 2.86. The predicted molar refractivity (Wildman–Crippen MR) is 68.1 cm³/mol. The molecule has 1 aliphatic heterocycles. The number of rotatable bonds is 4. The second-order valence-electron chi connectivity index (χ2n) is 4.60. The van der Waals surface area contributed by atoms with E-state index in [1.165, 1.54) is 0 Å². The van der Waals surface area contributed by atoms with Gasteiger partial charge >= 0.3 is 0 Å². The van der Waals surface area contributed by atoms with E-state index in [-0.39, 0.29) is 23.7 Å². The van der Waals surface area contributed by atoms with Crippen LogP contribution in [0.2, 0.25) is 0 Å². The summed E-state index contributed by atoms with van der Waals surface area (Å²) in [4.78, 5) is 12.0. The lowest BCUT2D eigenvalue weighted by Crippen LogP contribution is -2.34. The van der Waals surface area contributed by atoms with Crippen LogP contribution in [0.4, 0.5) is 0 Å². The Balaban J connectivity index is 1.86. The smallest absolute Gasteiger partial charge is 0.226 e. The van der Waals surface area contributed by atoms with E-state index in [9.17, 15) is 4.79 Å². The van der Waals surface area contributed by atoms with Gasteiger partial charge in [0.1, 0.15) is 5.75 Å². The molecule has 0 aliphatic carbocycles. The van der Waals surface area contributed by atoms with Crippen molar-refractivity contribution >= 4 is 5.91 Å². The molecule has 0 radical (unpaired) electrons. The predicted octanol–water partition coefficient (Wildman–Crippen LogP) is 1.82. The fourth-order valence-corrected chi connectivity index (χ4v) is 2.28. The highest BCUT2D eigenvalue weighted by Crippen LogP contribution is 2.23. The summed E-state index contributed by atoms with van der Waals surface area (Å²) in [5.74, 6) is 0.278. The first-order valence-corrected chi connectivity index (χ1v) is 6.38. The molecule has 1 saturated heterocycles. The van der Waals surface area contributed by atoms with Gasteiger partial charge in [-0.1, -0.05) is 19.1 Å². The maximum absolute atomic E-state index is 12.0. The van der Waals surface area contributed by atoms with Gasteiger partial charge in [-0.2, -0.15) is 0 Å². The third-order valence-electron chi connectivity index (χ3n) is 3.35. The fraction of sp³-hybridized carbons (Fsp3) is 0.500. The zero-order valence-corrected chi connectivity index (χ0v) is 10.6. The normalized spacial score (nSPS) is 22.9. The number of benzene rings is 1. The maximum Gasteiger partial charge on any atom is 0.226 e. The Morgan fingerprint density at radius 3 is 2.83 bits per heavy atom. The summed E-state index contributed by atoms with van der Waals surface area (Å²) in [6.45, 7) is 3.21. The van der Waals surface area contributed by atoms with Crippen molar-refractivity contribution in [2.24, 2.45) is 5.92 Å². The average molecular weight is 249 g/mol.